The second-order valence-corrected chi connectivity index (χ2v) is 9.54. The van der Waals surface area contributed by atoms with Gasteiger partial charge in [-0.15, -0.1) is 0 Å². The van der Waals surface area contributed by atoms with E-state index >= 15 is 0 Å². The Labute approximate surface area is 220 Å². The molecule has 0 aromatic heterocycles. The average Bonchev–Trinajstić information content (AvgIpc) is 2.79. The van der Waals surface area contributed by atoms with Crippen molar-refractivity contribution in [3.05, 3.63) is 0 Å². The van der Waals surface area contributed by atoms with Crippen LogP contribution in [0.4, 0.5) is 4.79 Å². The van der Waals surface area contributed by atoms with Gasteiger partial charge in [0, 0.05) is 45.8 Å². The molecule has 1 amide bonds. The van der Waals surface area contributed by atoms with Gasteiger partial charge in [-0.25, -0.2) is 4.79 Å². The number of likely N-dealkylation sites (N-methyl/N-ethyl adjacent to an activating group) is 3. The minimum absolute atomic E-state index is 0.151. The van der Waals surface area contributed by atoms with E-state index in [4.69, 9.17) is 9.47 Å². The fourth-order valence-corrected chi connectivity index (χ4v) is 2.63. The summed E-state index contributed by atoms with van der Waals surface area (Å²) in [5.41, 5.74) is -0.498. The first kappa shape index (κ1) is 35.6. The van der Waals surface area contributed by atoms with Crippen LogP contribution in [0.15, 0.2) is 0 Å². The summed E-state index contributed by atoms with van der Waals surface area (Å²) in [6.07, 6.45) is 1.01. The Morgan fingerprint density at radius 2 is 1.35 bits per heavy atom. The van der Waals surface area contributed by atoms with Gasteiger partial charge in [0.2, 0.25) is 0 Å². The summed E-state index contributed by atoms with van der Waals surface area (Å²) in [5.74, 6) is -0.250. The number of carbonyl (C=O) groups excluding carboxylic acids is 2. The molecule has 0 rings (SSSR count). The van der Waals surface area contributed by atoms with Gasteiger partial charge >= 0.3 is 37.3 Å². The molecule has 0 saturated heterocycles. The SMILES string of the molecule is CCC(C)(C)C(=O)OCCNC(=O)OCCCN(C)CCN(CCN(C)C)CCN(C)C.[Cl][Cu+]. The molecule has 0 fully saturated rings. The van der Waals surface area contributed by atoms with Crippen molar-refractivity contribution in [2.45, 2.75) is 33.6 Å². The van der Waals surface area contributed by atoms with Gasteiger partial charge in [-0.05, 0) is 61.9 Å². The van der Waals surface area contributed by atoms with Crippen LogP contribution in [-0.4, -0.2) is 132 Å². The number of amides is 1. The molecule has 0 bridgehead atoms. The van der Waals surface area contributed by atoms with Crippen molar-refractivity contribution in [2.24, 2.45) is 5.41 Å². The number of hydrogen-bond donors (Lipinski definition) is 1. The van der Waals surface area contributed by atoms with E-state index in [0.717, 1.165) is 52.2 Å². The second kappa shape index (κ2) is 21.7. The number of nitrogens with one attached hydrogen (secondary N) is 1. The van der Waals surface area contributed by atoms with Crippen LogP contribution in [0.25, 0.3) is 0 Å². The van der Waals surface area contributed by atoms with Crippen LogP contribution < -0.4 is 5.32 Å². The zero-order valence-electron chi connectivity index (χ0n) is 22.6. The molecule has 0 aliphatic carbocycles. The van der Waals surface area contributed by atoms with E-state index in [1.807, 2.05) is 20.8 Å². The van der Waals surface area contributed by atoms with Crippen molar-refractivity contribution in [1.82, 2.24) is 24.9 Å². The number of hydrogen-bond acceptors (Lipinski definition) is 8. The molecule has 0 radical (unpaired) electrons. The number of halogens is 1. The quantitative estimate of drug-likeness (QED) is 0.156. The third-order valence-corrected chi connectivity index (χ3v) is 5.48. The van der Waals surface area contributed by atoms with E-state index in [2.05, 4.69) is 85.4 Å². The molecule has 9 nitrogen and oxygen atoms in total. The van der Waals surface area contributed by atoms with Gasteiger partial charge < -0.3 is 29.5 Å². The summed E-state index contributed by atoms with van der Waals surface area (Å²) in [5, 5.41) is 2.62. The van der Waals surface area contributed by atoms with Gasteiger partial charge in [-0.1, -0.05) is 6.92 Å². The van der Waals surface area contributed by atoms with Crippen molar-refractivity contribution in [1.29, 1.82) is 0 Å². The van der Waals surface area contributed by atoms with Crippen molar-refractivity contribution < 1.29 is 34.2 Å². The Kier molecular flexibility index (Phi) is 22.6. The fraction of sp³-hybridized carbons (Fsp3) is 0.913. The molecule has 0 unspecified atom stereocenters. The predicted molar refractivity (Wildman–Crippen MR) is 136 cm³/mol. The topological polar surface area (TPSA) is 77.6 Å². The minimum atomic E-state index is -0.498. The summed E-state index contributed by atoms with van der Waals surface area (Å²) in [7, 11) is 14.7. The van der Waals surface area contributed by atoms with E-state index in [1.54, 1.807) is 0 Å². The first-order valence-electron chi connectivity index (χ1n) is 11.9. The van der Waals surface area contributed by atoms with Crippen LogP contribution in [0.1, 0.15) is 33.6 Å². The molecule has 0 aromatic rings. The fourth-order valence-electron chi connectivity index (χ4n) is 2.63. The summed E-state index contributed by atoms with van der Waals surface area (Å²) >= 11 is 3.66. The molecule has 0 saturated carbocycles. The van der Waals surface area contributed by atoms with Crippen molar-refractivity contribution in [3.63, 3.8) is 0 Å². The Balaban J connectivity index is 0. The third kappa shape index (κ3) is 20.7. The van der Waals surface area contributed by atoms with Gasteiger partial charge in [0.1, 0.15) is 6.61 Å². The summed E-state index contributed by atoms with van der Waals surface area (Å²) in [4.78, 5) is 32.8. The van der Waals surface area contributed by atoms with Crippen molar-refractivity contribution in [2.75, 3.05) is 101 Å². The monoisotopic (exact) mass is 557 g/mol. The number of esters is 1. The Morgan fingerprint density at radius 1 is 0.824 bits per heavy atom. The second-order valence-electron chi connectivity index (χ2n) is 9.54. The Hall–Kier alpha value is -0.611. The summed E-state index contributed by atoms with van der Waals surface area (Å²) in [6.45, 7) is 13.5. The van der Waals surface area contributed by atoms with Gasteiger partial charge in [0.15, 0.2) is 0 Å². The van der Waals surface area contributed by atoms with E-state index in [-0.39, 0.29) is 19.1 Å². The summed E-state index contributed by atoms with van der Waals surface area (Å²) in [6, 6.07) is 0. The van der Waals surface area contributed by atoms with Crippen LogP contribution in [0.3, 0.4) is 0 Å². The molecule has 207 valence electrons. The van der Waals surface area contributed by atoms with Gasteiger partial charge in [0.05, 0.1) is 18.6 Å². The molecule has 0 spiro atoms. The van der Waals surface area contributed by atoms with Crippen molar-refractivity contribution >= 4 is 22.2 Å². The molecule has 0 aliphatic heterocycles. The molecule has 0 aliphatic rings. The number of rotatable bonds is 18. The van der Waals surface area contributed by atoms with Gasteiger partial charge in [0.25, 0.3) is 0 Å². The standard InChI is InChI=1S/C23H49N5O4.ClH.Cu/c1-9-23(2,3)21(29)31-20-11-24-22(30)32-19-10-12-27(8)15-18-28(16-13-25(4)5)17-14-26(6)7;;/h9-20H2,1-8H3,(H,24,30);1H;/q;;+2/p-1. The molecule has 0 aromatic carbocycles. The van der Waals surface area contributed by atoms with Crippen LogP contribution >= 0.6 is 10.1 Å². The molecule has 0 atom stereocenters. The third-order valence-electron chi connectivity index (χ3n) is 5.48. The molecule has 1 N–H and O–H groups in total. The van der Waals surface area contributed by atoms with Gasteiger partial charge in [-0.3, -0.25) is 9.69 Å². The predicted octanol–water partition coefficient (Wildman–Crippen LogP) is 2.13. The van der Waals surface area contributed by atoms with Crippen LogP contribution in [-0.2, 0) is 29.4 Å². The number of ether oxygens (including phenoxy) is 2. The molecule has 34 heavy (non-hydrogen) atoms. The van der Waals surface area contributed by atoms with E-state index < -0.39 is 11.5 Å². The van der Waals surface area contributed by atoms with Crippen LogP contribution in [0.2, 0.25) is 0 Å². The van der Waals surface area contributed by atoms with Gasteiger partial charge in [-0.2, -0.15) is 0 Å². The zero-order chi connectivity index (χ0) is 26.6. The first-order valence-corrected chi connectivity index (χ1v) is 13.2. The van der Waals surface area contributed by atoms with E-state index in [9.17, 15) is 9.59 Å². The molecule has 0 heterocycles. The molecule has 11 heteroatoms. The normalized spacial score (nSPS) is 11.6. The average molecular weight is 559 g/mol. The number of carbonyl (C=O) groups is 2. The first-order chi connectivity index (χ1) is 16.0. The number of nitrogens with zero attached hydrogens (tertiary/aromatic N) is 4. The Morgan fingerprint density at radius 3 is 1.85 bits per heavy atom. The van der Waals surface area contributed by atoms with E-state index in [1.165, 1.54) is 0 Å². The zero-order valence-corrected chi connectivity index (χ0v) is 24.3. The Bertz CT molecular complexity index is 516. The molecular weight excluding hydrogens is 509 g/mol. The van der Waals surface area contributed by atoms with Crippen molar-refractivity contribution in [3.8, 4) is 0 Å². The number of alkyl carbamates (subject to hydrolysis) is 1. The molecular formula is C23H49ClCuN5O4+. The summed E-state index contributed by atoms with van der Waals surface area (Å²) < 4.78 is 10.4. The van der Waals surface area contributed by atoms with Crippen LogP contribution in [0, 0.1) is 5.41 Å². The van der Waals surface area contributed by atoms with E-state index in [0.29, 0.717) is 13.0 Å². The maximum absolute atomic E-state index is 11.9. The van der Waals surface area contributed by atoms with Crippen LogP contribution in [0.5, 0.6) is 0 Å². The maximum atomic E-state index is 11.9.